The molecule has 9 heteroatoms. The van der Waals surface area contributed by atoms with E-state index in [0.717, 1.165) is 6.54 Å². The molecular weight excluding hydrogens is 449 g/mol. The van der Waals surface area contributed by atoms with Gasteiger partial charge in [-0.3, -0.25) is 9.78 Å². The molecule has 0 saturated carbocycles. The van der Waals surface area contributed by atoms with E-state index in [9.17, 15) is 14.0 Å². The van der Waals surface area contributed by atoms with Crippen molar-refractivity contribution in [3.63, 3.8) is 0 Å². The molecule has 0 bridgehead atoms. The third-order valence-corrected chi connectivity index (χ3v) is 5.55. The van der Waals surface area contributed by atoms with E-state index >= 15 is 0 Å². The molecule has 35 heavy (non-hydrogen) atoms. The van der Waals surface area contributed by atoms with Crippen LogP contribution in [0.2, 0.25) is 0 Å². The Morgan fingerprint density at radius 1 is 0.943 bits per heavy atom. The molecule has 1 saturated heterocycles. The highest BCUT2D eigenvalue weighted by atomic mass is 19.1. The maximum Gasteiger partial charge on any atom is 0.323 e. The number of rotatable bonds is 5. The largest absolute Gasteiger partial charge is 0.369 e. The summed E-state index contributed by atoms with van der Waals surface area (Å²) in [5, 5.41) is 8.49. The van der Waals surface area contributed by atoms with Crippen LogP contribution in [0, 0.1) is 5.82 Å². The standard InChI is InChI=1S/C26H22FN5O3/c27-18-4-2-6-20(13-18)31-26(34)30-19-5-1-3-16(11-19)25(33)17-7-8-21-22(12-17)32-23(14-29-21)24-15-28-9-10-35-24/h1-8,11-14,24,28H,9-10,15H2,(H2,30,31,34). The lowest BCUT2D eigenvalue weighted by Crippen LogP contribution is -2.33. The van der Waals surface area contributed by atoms with Crippen LogP contribution in [0.15, 0.2) is 72.9 Å². The number of halogens is 1. The Morgan fingerprint density at radius 3 is 2.49 bits per heavy atom. The number of anilines is 2. The summed E-state index contributed by atoms with van der Waals surface area (Å²) in [5.74, 6) is -0.672. The fourth-order valence-electron chi connectivity index (χ4n) is 3.84. The fourth-order valence-corrected chi connectivity index (χ4v) is 3.84. The van der Waals surface area contributed by atoms with Gasteiger partial charge in [0.25, 0.3) is 0 Å². The number of ether oxygens (including phenoxy) is 1. The van der Waals surface area contributed by atoms with Crippen LogP contribution in [0.25, 0.3) is 11.0 Å². The van der Waals surface area contributed by atoms with E-state index in [2.05, 4.69) is 25.9 Å². The number of hydrogen-bond donors (Lipinski definition) is 3. The first-order chi connectivity index (χ1) is 17.0. The summed E-state index contributed by atoms with van der Waals surface area (Å²) in [5.41, 5.74) is 3.59. The molecule has 176 valence electrons. The van der Waals surface area contributed by atoms with Gasteiger partial charge < -0.3 is 20.7 Å². The Kier molecular flexibility index (Phi) is 6.42. The smallest absolute Gasteiger partial charge is 0.323 e. The topological polar surface area (TPSA) is 105 Å². The summed E-state index contributed by atoms with van der Waals surface area (Å²) < 4.78 is 19.1. The average molecular weight is 471 g/mol. The van der Waals surface area contributed by atoms with Crippen LogP contribution in [0.5, 0.6) is 0 Å². The zero-order chi connectivity index (χ0) is 24.2. The van der Waals surface area contributed by atoms with Gasteiger partial charge in [0, 0.05) is 35.6 Å². The number of nitrogens with one attached hydrogen (secondary N) is 3. The van der Waals surface area contributed by atoms with Crippen molar-refractivity contribution < 1.29 is 18.7 Å². The monoisotopic (exact) mass is 471 g/mol. The Balaban J connectivity index is 1.33. The number of amides is 2. The van der Waals surface area contributed by atoms with E-state index in [1.807, 2.05) is 0 Å². The first-order valence-electron chi connectivity index (χ1n) is 11.1. The van der Waals surface area contributed by atoms with Gasteiger partial charge in [-0.15, -0.1) is 0 Å². The molecule has 0 aliphatic carbocycles. The average Bonchev–Trinajstić information content (AvgIpc) is 2.88. The first-order valence-corrected chi connectivity index (χ1v) is 11.1. The number of benzene rings is 3. The van der Waals surface area contributed by atoms with Gasteiger partial charge in [-0.2, -0.15) is 0 Å². The lowest BCUT2D eigenvalue weighted by Gasteiger charge is -2.22. The van der Waals surface area contributed by atoms with Crippen LogP contribution in [0.4, 0.5) is 20.6 Å². The second-order valence-electron chi connectivity index (χ2n) is 8.06. The van der Waals surface area contributed by atoms with Crippen LogP contribution in [-0.2, 0) is 4.74 Å². The Bertz CT molecular complexity index is 1400. The van der Waals surface area contributed by atoms with Crippen LogP contribution >= 0.6 is 0 Å². The van der Waals surface area contributed by atoms with Crippen molar-refractivity contribution in [3.05, 3.63) is 95.6 Å². The highest BCUT2D eigenvalue weighted by molar-refractivity contribution is 6.11. The molecule has 8 nitrogen and oxygen atoms in total. The molecule has 1 unspecified atom stereocenters. The molecule has 0 radical (unpaired) electrons. The minimum Gasteiger partial charge on any atom is -0.369 e. The van der Waals surface area contributed by atoms with Crippen LogP contribution < -0.4 is 16.0 Å². The number of carbonyl (C=O) groups is 2. The number of urea groups is 1. The number of hydrogen-bond acceptors (Lipinski definition) is 6. The predicted octanol–water partition coefficient (Wildman–Crippen LogP) is 4.30. The number of nitrogens with zero attached hydrogens (tertiary/aromatic N) is 2. The van der Waals surface area contributed by atoms with Gasteiger partial charge >= 0.3 is 6.03 Å². The fraction of sp³-hybridized carbons (Fsp3) is 0.154. The Labute approximate surface area is 200 Å². The molecule has 2 heterocycles. The Morgan fingerprint density at radius 2 is 1.71 bits per heavy atom. The second-order valence-corrected chi connectivity index (χ2v) is 8.06. The van der Waals surface area contributed by atoms with E-state index in [-0.39, 0.29) is 11.9 Å². The van der Waals surface area contributed by atoms with E-state index in [1.54, 1.807) is 54.7 Å². The molecule has 1 aromatic heterocycles. The summed E-state index contributed by atoms with van der Waals surface area (Å²) in [6.45, 7) is 2.06. The van der Waals surface area contributed by atoms with Crippen LogP contribution in [0.3, 0.4) is 0 Å². The highest BCUT2D eigenvalue weighted by Gasteiger charge is 2.18. The molecule has 4 aromatic rings. The van der Waals surface area contributed by atoms with Crippen molar-refractivity contribution in [2.45, 2.75) is 6.10 Å². The van der Waals surface area contributed by atoms with Gasteiger partial charge in [0.05, 0.1) is 29.5 Å². The molecule has 1 fully saturated rings. The van der Waals surface area contributed by atoms with E-state index in [0.29, 0.717) is 52.4 Å². The second kappa shape index (κ2) is 9.96. The van der Waals surface area contributed by atoms with Gasteiger partial charge in [-0.25, -0.2) is 14.2 Å². The summed E-state index contributed by atoms with van der Waals surface area (Å²) in [6.07, 6.45) is 1.52. The first kappa shape index (κ1) is 22.6. The van der Waals surface area contributed by atoms with Crippen molar-refractivity contribution in [1.29, 1.82) is 0 Å². The van der Waals surface area contributed by atoms with Gasteiger partial charge in [-0.05, 0) is 48.5 Å². The van der Waals surface area contributed by atoms with E-state index in [1.165, 1.54) is 18.2 Å². The Hall–Kier alpha value is -4.21. The molecule has 0 spiro atoms. The maximum absolute atomic E-state index is 13.3. The number of fused-ring (bicyclic) bond motifs is 1. The van der Waals surface area contributed by atoms with Gasteiger partial charge in [0.2, 0.25) is 0 Å². The quantitative estimate of drug-likeness (QED) is 0.375. The van der Waals surface area contributed by atoms with Gasteiger partial charge in [0.1, 0.15) is 11.9 Å². The number of aromatic nitrogens is 2. The predicted molar refractivity (Wildman–Crippen MR) is 130 cm³/mol. The summed E-state index contributed by atoms with van der Waals surface area (Å²) in [4.78, 5) is 34.6. The van der Waals surface area contributed by atoms with Crippen LogP contribution in [-0.4, -0.2) is 41.5 Å². The minimum atomic E-state index is -0.548. The molecule has 1 aliphatic rings. The van der Waals surface area contributed by atoms with Gasteiger partial charge in [0.15, 0.2) is 5.78 Å². The summed E-state index contributed by atoms with van der Waals surface area (Å²) in [7, 11) is 0. The molecule has 2 amide bonds. The maximum atomic E-state index is 13.3. The molecule has 3 N–H and O–H groups in total. The zero-order valence-electron chi connectivity index (χ0n) is 18.6. The normalized spacial score (nSPS) is 15.5. The number of ketones is 1. The summed E-state index contributed by atoms with van der Waals surface area (Å²) >= 11 is 0. The van der Waals surface area contributed by atoms with Gasteiger partial charge in [-0.1, -0.05) is 18.2 Å². The lowest BCUT2D eigenvalue weighted by molar-refractivity contribution is 0.0250. The van der Waals surface area contributed by atoms with E-state index < -0.39 is 11.8 Å². The number of morpholine rings is 1. The van der Waals surface area contributed by atoms with Crippen molar-refractivity contribution >= 4 is 34.2 Å². The zero-order valence-corrected chi connectivity index (χ0v) is 18.6. The van der Waals surface area contributed by atoms with Crippen molar-refractivity contribution in [2.24, 2.45) is 0 Å². The highest BCUT2D eigenvalue weighted by Crippen LogP contribution is 2.22. The van der Waals surface area contributed by atoms with Crippen molar-refractivity contribution in [3.8, 4) is 0 Å². The van der Waals surface area contributed by atoms with Crippen LogP contribution in [0.1, 0.15) is 27.7 Å². The third kappa shape index (κ3) is 5.32. The molecule has 5 rings (SSSR count). The third-order valence-electron chi connectivity index (χ3n) is 5.55. The molecule has 1 aliphatic heterocycles. The molecule has 1 atom stereocenters. The molecule has 3 aromatic carbocycles. The molecular formula is C26H22FN5O3. The SMILES string of the molecule is O=C(Nc1cccc(F)c1)Nc1cccc(C(=O)c2ccc3ncc(C4CNCCO4)nc3c2)c1. The van der Waals surface area contributed by atoms with Crippen molar-refractivity contribution in [1.82, 2.24) is 15.3 Å². The van der Waals surface area contributed by atoms with Crippen molar-refractivity contribution in [2.75, 3.05) is 30.3 Å². The summed E-state index contributed by atoms with van der Waals surface area (Å²) in [6, 6.07) is 16.8. The number of carbonyl (C=O) groups excluding carboxylic acids is 2. The minimum absolute atomic E-state index is 0.179. The lowest BCUT2D eigenvalue weighted by atomic mass is 10.0. The van der Waals surface area contributed by atoms with E-state index in [4.69, 9.17) is 4.74 Å².